The van der Waals surface area contributed by atoms with Crippen LogP contribution in [-0.4, -0.2) is 31.2 Å². The number of carbonyl (C=O) groups is 2. The van der Waals surface area contributed by atoms with Crippen LogP contribution in [0.4, 0.5) is 5.69 Å². The minimum Gasteiger partial charge on any atom is -0.497 e. The number of nitrogens with zero attached hydrogens (tertiary/aromatic N) is 1. The summed E-state index contributed by atoms with van der Waals surface area (Å²) < 4.78 is 10.4. The molecule has 0 heterocycles. The Balaban J connectivity index is 1.47. The Bertz CT molecular complexity index is 1060. The minimum absolute atomic E-state index is 0.0584. The van der Waals surface area contributed by atoms with E-state index < -0.39 is 5.91 Å². The summed E-state index contributed by atoms with van der Waals surface area (Å²) in [5.74, 6) is 0.617. The van der Waals surface area contributed by atoms with Crippen molar-refractivity contribution < 1.29 is 19.1 Å². The van der Waals surface area contributed by atoms with Crippen LogP contribution in [0.2, 0.25) is 0 Å². The first-order valence-corrected chi connectivity index (χ1v) is 9.41. The van der Waals surface area contributed by atoms with Crippen molar-refractivity contribution in [3.63, 3.8) is 0 Å². The molecule has 3 aromatic rings. The van der Waals surface area contributed by atoms with E-state index in [-0.39, 0.29) is 18.9 Å². The summed E-state index contributed by atoms with van der Waals surface area (Å²) in [4.78, 5) is 24.2. The zero-order chi connectivity index (χ0) is 21.3. The number of fused-ring (bicyclic) bond motifs is 1. The molecule has 7 nitrogen and oxygen atoms in total. The second-order valence-electron chi connectivity index (χ2n) is 6.60. The average molecular weight is 405 g/mol. The Kier molecular flexibility index (Phi) is 7.00. The molecule has 0 saturated carbocycles. The van der Waals surface area contributed by atoms with Crippen molar-refractivity contribution in [1.29, 1.82) is 0 Å². The number of nitrogens with one attached hydrogen (secondary N) is 2. The number of anilines is 1. The summed E-state index contributed by atoms with van der Waals surface area (Å²) in [5.41, 5.74) is 3.61. The molecule has 2 amide bonds. The van der Waals surface area contributed by atoms with Gasteiger partial charge in [0, 0.05) is 16.8 Å². The number of benzene rings is 3. The van der Waals surface area contributed by atoms with E-state index in [4.69, 9.17) is 9.47 Å². The lowest BCUT2D eigenvalue weighted by atomic mass is 10.1. The van der Waals surface area contributed by atoms with Crippen molar-refractivity contribution in [1.82, 2.24) is 5.43 Å². The van der Waals surface area contributed by atoms with Crippen LogP contribution >= 0.6 is 0 Å². The molecule has 2 N–H and O–H groups in total. The summed E-state index contributed by atoms with van der Waals surface area (Å²) in [6.07, 6.45) is 0.0584. The van der Waals surface area contributed by atoms with E-state index in [1.165, 1.54) is 0 Å². The first-order chi connectivity index (χ1) is 14.5. The maximum atomic E-state index is 12.3. The van der Waals surface area contributed by atoms with E-state index in [0.717, 1.165) is 16.5 Å². The number of carbonyl (C=O) groups excluding carboxylic acids is 2. The van der Waals surface area contributed by atoms with Gasteiger partial charge in [-0.1, -0.05) is 36.4 Å². The number of rotatable bonds is 8. The molecule has 0 spiro atoms. The molecule has 0 aliphatic carbocycles. The van der Waals surface area contributed by atoms with Gasteiger partial charge in [-0.3, -0.25) is 9.59 Å². The fourth-order valence-electron chi connectivity index (χ4n) is 2.81. The van der Waals surface area contributed by atoms with Crippen molar-refractivity contribution in [2.24, 2.45) is 5.10 Å². The molecule has 0 aromatic heterocycles. The summed E-state index contributed by atoms with van der Waals surface area (Å²) in [5, 5.41) is 8.87. The molecule has 3 rings (SSSR count). The molecule has 154 valence electrons. The molecule has 7 heteroatoms. The van der Waals surface area contributed by atoms with Crippen molar-refractivity contribution in [3.8, 4) is 11.5 Å². The van der Waals surface area contributed by atoms with Gasteiger partial charge in [-0.15, -0.1) is 0 Å². The van der Waals surface area contributed by atoms with Crippen molar-refractivity contribution >= 4 is 34.0 Å². The van der Waals surface area contributed by atoms with Crippen molar-refractivity contribution in [2.45, 2.75) is 13.3 Å². The third-order valence-electron chi connectivity index (χ3n) is 4.28. The van der Waals surface area contributed by atoms with E-state index >= 15 is 0 Å². The van der Waals surface area contributed by atoms with Crippen LogP contribution in [0.3, 0.4) is 0 Å². The van der Waals surface area contributed by atoms with Crippen LogP contribution in [0.15, 0.2) is 71.8 Å². The Hall–Kier alpha value is -3.87. The number of amides is 2. The highest BCUT2D eigenvalue weighted by molar-refractivity contribution is 6.09. The first-order valence-electron chi connectivity index (χ1n) is 9.41. The van der Waals surface area contributed by atoms with Gasteiger partial charge in [-0.2, -0.15) is 5.10 Å². The normalized spacial score (nSPS) is 11.1. The largest absolute Gasteiger partial charge is 0.497 e. The Labute approximate surface area is 174 Å². The topological polar surface area (TPSA) is 89.0 Å². The van der Waals surface area contributed by atoms with Crippen molar-refractivity contribution in [3.05, 3.63) is 66.7 Å². The summed E-state index contributed by atoms with van der Waals surface area (Å²) in [6, 6.07) is 20.4. The minimum atomic E-state index is -0.417. The van der Waals surface area contributed by atoms with Gasteiger partial charge in [0.05, 0.1) is 13.5 Å². The highest BCUT2D eigenvalue weighted by atomic mass is 16.5. The maximum Gasteiger partial charge on any atom is 0.277 e. The van der Waals surface area contributed by atoms with Gasteiger partial charge < -0.3 is 14.8 Å². The van der Waals surface area contributed by atoms with Gasteiger partial charge in [0.2, 0.25) is 5.91 Å². The average Bonchev–Trinajstić information content (AvgIpc) is 2.77. The zero-order valence-electron chi connectivity index (χ0n) is 16.8. The van der Waals surface area contributed by atoms with Gasteiger partial charge in [0.1, 0.15) is 11.5 Å². The van der Waals surface area contributed by atoms with E-state index in [0.29, 0.717) is 17.2 Å². The number of hydrogen-bond acceptors (Lipinski definition) is 5. The predicted octanol–water partition coefficient (Wildman–Crippen LogP) is 3.75. The Morgan fingerprint density at radius 3 is 2.37 bits per heavy atom. The molecule has 0 aliphatic rings. The molecule has 0 radical (unpaired) electrons. The quantitative estimate of drug-likeness (QED) is 0.441. The summed E-state index contributed by atoms with van der Waals surface area (Å²) in [6.45, 7) is 1.48. The van der Waals surface area contributed by atoms with Crippen LogP contribution in [0, 0.1) is 0 Å². The SMILES string of the molecule is COc1ccc(OCC(=O)N/N=C(/C)CC(=O)Nc2cccc3ccccc23)cc1. The van der Waals surface area contributed by atoms with Gasteiger partial charge in [0.15, 0.2) is 6.61 Å². The molecule has 30 heavy (non-hydrogen) atoms. The molecule has 3 aromatic carbocycles. The van der Waals surface area contributed by atoms with E-state index in [1.807, 2.05) is 42.5 Å². The maximum absolute atomic E-state index is 12.3. The second-order valence-corrected chi connectivity index (χ2v) is 6.60. The van der Waals surface area contributed by atoms with E-state index in [9.17, 15) is 9.59 Å². The van der Waals surface area contributed by atoms with Crippen molar-refractivity contribution in [2.75, 3.05) is 19.0 Å². The molecule has 0 aliphatic heterocycles. The molecule has 0 fully saturated rings. The lowest BCUT2D eigenvalue weighted by molar-refractivity contribution is -0.123. The fraction of sp³-hybridized carbons (Fsp3) is 0.174. The second kappa shape index (κ2) is 10.1. The fourth-order valence-corrected chi connectivity index (χ4v) is 2.81. The van der Waals surface area contributed by atoms with Gasteiger partial charge >= 0.3 is 0 Å². The molecular weight excluding hydrogens is 382 g/mol. The van der Waals surface area contributed by atoms with E-state index in [1.54, 1.807) is 38.3 Å². The van der Waals surface area contributed by atoms with Crippen LogP contribution in [0.5, 0.6) is 11.5 Å². The number of hydrazone groups is 1. The smallest absolute Gasteiger partial charge is 0.277 e. The third-order valence-corrected chi connectivity index (χ3v) is 4.28. The Morgan fingerprint density at radius 2 is 1.60 bits per heavy atom. The van der Waals surface area contributed by atoms with Crippen LogP contribution < -0.4 is 20.2 Å². The van der Waals surface area contributed by atoms with Gasteiger partial charge in [-0.25, -0.2) is 5.43 Å². The number of methoxy groups -OCH3 is 1. The lowest BCUT2D eigenvalue weighted by Gasteiger charge is -2.09. The van der Waals surface area contributed by atoms with Gasteiger partial charge in [-0.05, 0) is 42.6 Å². The zero-order valence-corrected chi connectivity index (χ0v) is 16.8. The third kappa shape index (κ3) is 5.81. The highest BCUT2D eigenvalue weighted by Gasteiger charge is 2.08. The number of ether oxygens (including phenoxy) is 2. The van der Waals surface area contributed by atoms with E-state index in [2.05, 4.69) is 15.8 Å². The molecule has 0 bridgehead atoms. The molecular formula is C23H23N3O4. The monoisotopic (exact) mass is 405 g/mol. The molecule has 0 unspecified atom stereocenters. The number of hydrogen-bond donors (Lipinski definition) is 2. The Morgan fingerprint density at radius 1 is 0.900 bits per heavy atom. The summed E-state index contributed by atoms with van der Waals surface area (Å²) >= 11 is 0. The predicted molar refractivity (Wildman–Crippen MR) is 117 cm³/mol. The van der Waals surface area contributed by atoms with Crippen LogP contribution in [0.25, 0.3) is 10.8 Å². The van der Waals surface area contributed by atoms with Crippen LogP contribution in [0.1, 0.15) is 13.3 Å². The van der Waals surface area contributed by atoms with Crippen LogP contribution in [-0.2, 0) is 9.59 Å². The highest BCUT2D eigenvalue weighted by Crippen LogP contribution is 2.23. The molecule has 0 saturated heterocycles. The summed E-state index contributed by atoms with van der Waals surface area (Å²) in [7, 11) is 1.58. The standard InChI is InChI=1S/C23H23N3O4/c1-16(25-26-23(28)15-30-19-12-10-18(29-2)11-13-19)14-22(27)24-21-9-5-7-17-6-3-4-8-20(17)21/h3-13H,14-15H2,1-2H3,(H,24,27)(H,26,28)/b25-16-. The first kappa shape index (κ1) is 20.9. The molecule has 0 atom stereocenters. The van der Waals surface area contributed by atoms with Gasteiger partial charge in [0.25, 0.3) is 5.91 Å². The lowest BCUT2D eigenvalue weighted by Crippen LogP contribution is -2.26.